The third-order valence-electron chi connectivity index (χ3n) is 2.74. The summed E-state index contributed by atoms with van der Waals surface area (Å²) in [5.41, 5.74) is 1.47. The van der Waals surface area contributed by atoms with Gasteiger partial charge in [0.1, 0.15) is 5.75 Å². The number of ether oxygens (including phenoxy) is 1. The Hall–Kier alpha value is -1.23. The first-order chi connectivity index (χ1) is 8.33. The molecule has 0 heterocycles. The van der Waals surface area contributed by atoms with Gasteiger partial charge in [-0.1, -0.05) is 6.07 Å². The lowest BCUT2D eigenvalue weighted by Crippen LogP contribution is -2.08. The van der Waals surface area contributed by atoms with Crippen LogP contribution in [0.25, 0.3) is 0 Å². The lowest BCUT2D eigenvalue weighted by molar-refractivity contribution is -0.136. The van der Waals surface area contributed by atoms with Crippen LogP contribution in [0.2, 0.25) is 0 Å². The molecule has 0 saturated carbocycles. The fraction of sp³-hybridized carbons (Fsp3) is 0.538. The van der Waals surface area contributed by atoms with E-state index in [1.54, 1.807) is 25.3 Å². The van der Waals surface area contributed by atoms with Gasteiger partial charge in [-0.15, -0.1) is 0 Å². The predicted octanol–water partition coefficient (Wildman–Crippen LogP) is 3.77. The minimum atomic E-state index is -4.16. The van der Waals surface area contributed by atoms with Crippen LogP contribution < -0.4 is 4.74 Å². The summed E-state index contributed by atoms with van der Waals surface area (Å²) < 4.78 is 41.0. The van der Waals surface area contributed by atoms with Crippen molar-refractivity contribution in [3.8, 4) is 5.75 Å². The van der Waals surface area contributed by atoms with Gasteiger partial charge in [-0.3, -0.25) is 0 Å². The molecule has 0 saturated heterocycles. The number of benzene rings is 1. The first-order valence-corrected chi connectivity index (χ1v) is 5.73. The Balaban J connectivity index is 2.56. The number of methoxy groups -OCH3 is 1. The van der Waals surface area contributed by atoms with Crippen molar-refractivity contribution < 1.29 is 23.0 Å². The van der Waals surface area contributed by atoms with Crippen molar-refractivity contribution in [3.63, 3.8) is 0 Å². The van der Waals surface area contributed by atoms with E-state index in [9.17, 15) is 18.3 Å². The van der Waals surface area contributed by atoms with E-state index >= 15 is 0 Å². The molecule has 0 spiro atoms. The van der Waals surface area contributed by atoms with E-state index in [1.807, 2.05) is 6.92 Å². The molecule has 0 aliphatic heterocycles. The van der Waals surface area contributed by atoms with E-state index < -0.39 is 18.7 Å². The van der Waals surface area contributed by atoms with E-state index in [0.29, 0.717) is 11.3 Å². The Morgan fingerprint density at radius 2 is 2.00 bits per heavy atom. The van der Waals surface area contributed by atoms with Gasteiger partial charge in [0.2, 0.25) is 0 Å². The van der Waals surface area contributed by atoms with E-state index in [4.69, 9.17) is 4.74 Å². The van der Waals surface area contributed by atoms with Crippen LogP contribution in [0.5, 0.6) is 5.75 Å². The number of rotatable bonds is 5. The fourth-order valence-electron chi connectivity index (χ4n) is 1.77. The highest BCUT2D eigenvalue weighted by Crippen LogP contribution is 2.28. The highest BCUT2D eigenvalue weighted by Gasteiger charge is 2.26. The third kappa shape index (κ3) is 4.56. The number of aryl methyl sites for hydroxylation is 1. The largest absolute Gasteiger partial charge is 0.496 e. The molecule has 1 rings (SSSR count). The molecule has 1 atom stereocenters. The minimum absolute atomic E-state index is 0.0737. The van der Waals surface area contributed by atoms with E-state index in [0.717, 1.165) is 5.56 Å². The van der Waals surface area contributed by atoms with Crippen LogP contribution >= 0.6 is 0 Å². The summed E-state index contributed by atoms with van der Waals surface area (Å²) in [6, 6.07) is 5.11. The Bertz CT molecular complexity index is 388. The minimum Gasteiger partial charge on any atom is -0.496 e. The summed E-state index contributed by atoms with van der Waals surface area (Å²) >= 11 is 0. The second-order valence-corrected chi connectivity index (χ2v) is 4.25. The summed E-state index contributed by atoms with van der Waals surface area (Å²) in [6.45, 7) is 1.82. The molecule has 1 aromatic rings. The maximum absolute atomic E-state index is 12.0. The molecule has 5 heteroatoms. The quantitative estimate of drug-likeness (QED) is 0.875. The number of halogens is 3. The maximum Gasteiger partial charge on any atom is 0.389 e. The highest BCUT2D eigenvalue weighted by molar-refractivity contribution is 5.36. The number of alkyl halides is 3. The second-order valence-electron chi connectivity index (χ2n) is 4.25. The number of aliphatic hydroxyl groups is 1. The van der Waals surface area contributed by atoms with Crippen LogP contribution in [0.3, 0.4) is 0 Å². The Kier molecular flexibility index (Phi) is 5.02. The van der Waals surface area contributed by atoms with Gasteiger partial charge < -0.3 is 9.84 Å². The summed E-state index contributed by atoms with van der Waals surface area (Å²) in [5, 5.41) is 9.80. The standard InChI is InChI=1S/C13H17F3O2/c1-9-8-10(5-6-12(9)18-2)11(17)4-3-7-13(14,15)16/h5-6,8,11,17H,3-4,7H2,1-2H3. The van der Waals surface area contributed by atoms with Crippen LogP contribution in [-0.2, 0) is 0 Å². The first-order valence-electron chi connectivity index (χ1n) is 5.73. The van der Waals surface area contributed by atoms with Crippen molar-refractivity contribution in [2.75, 3.05) is 7.11 Å². The van der Waals surface area contributed by atoms with Crippen LogP contribution in [0.1, 0.15) is 36.5 Å². The van der Waals surface area contributed by atoms with Crippen molar-refractivity contribution in [1.82, 2.24) is 0 Å². The van der Waals surface area contributed by atoms with Gasteiger partial charge in [0.05, 0.1) is 13.2 Å². The molecule has 0 amide bonds. The molecule has 18 heavy (non-hydrogen) atoms. The molecule has 0 fully saturated rings. The monoisotopic (exact) mass is 262 g/mol. The van der Waals surface area contributed by atoms with Crippen LogP contribution in [-0.4, -0.2) is 18.4 Å². The lowest BCUT2D eigenvalue weighted by atomic mass is 10.0. The molecule has 1 N–H and O–H groups in total. The van der Waals surface area contributed by atoms with Gasteiger partial charge in [-0.2, -0.15) is 13.2 Å². The molecule has 0 aliphatic rings. The number of hydrogen-bond acceptors (Lipinski definition) is 2. The maximum atomic E-state index is 12.0. The zero-order valence-electron chi connectivity index (χ0n) is 10.4. The molecular formula is C13H17F3O2. The Morgan fingerprint density at radius 3 is 2.50 bits per heavy atom. The molecule has 2 nitrogen and oxygen atoms in total. The Morgan fingerprint density at radius 1 is 1.33 bits per heavy atom. The van der Waals surface area contributed by atoms with Gasteiger partial charge in [-0.25, -0.2) is 0 Å². The van der Waals surface area contributed by atoms with Gasteiger partial charge in [0.25, 0.3) is 0 Å². The van der Waals surface area contributed by atoms with Crippen molar-refractivity contribution in [2.24, 2.45) is 0 Å². The normalized spacial score (nSPS) is 13.4. The van der Waals surface area contributed by atoms with Gasteiger partial charge in [0.15, 0.2) is 0 Å². The average molecular weight is 262 g/mol. The fourth-order valence-corrected chi connectivity index (χ4v) is 1.77. The van der Waals surface area contributed by atoms with E-state index in [-0.39, 0.29) is 12.8 Å². The van der Waals surface area contributed by atoms with E-state index in [1.165, 1.54) is 0 Å². The second kappa shape index (κ2) is 6.09. The van der Waals surface area contributed by atoms with Crippen LogP contribution in [0.15, 0.2) is 18.2 Å². The molecule has 102 valence electrons. The summed E-state index contributed by atoms with van der Waals surface area (Å²) in [4.78, 5) is 0. The van der Waals surface area contributed by atoms with Crippen LogP contribution in [0.4, 0.5) is 13.2 Å². The molecular weight excluding hydrogens is 245 g/mol. The van der Waals surface area contributed by atoms with Crippen molar-refractivity contribution in [2.45, 2.75) is 38.5 Å². The molecule has 0 bridgehead atoms. The van der Waals surface area contributed by atoms with Crippen molar-refractivity contribution in [1.29, 1.82) is 0 Å². The molecule has 1 aromatic carbocycles. The van der Waals surface area contributed by atoms with Gasteiger partial charge >= 0.3 is 6.18 Å². The molecule has 1 unspecified atom stereocenters. The summed E-state index contributed by atoms with van der Waals surface area (Å²) in [7, 11) is 1.54. The molecule has 0 aliphatic carbocycles. The average Bonchev–Trinajstić information content (AvgIpc) is 2.27. The summed E-state index contributed by atoms with van der Waals surface area (Å²) in [6.07, 6.45) is -5.85. The smallest absolute Gasteiger partial charge is 0.389 e. The first kappa shape index (κ1) is 14.8. The Labute approximate surface area is 104 Å². The SMILES string of the molecule is COc1ccc(C(O)CCCC(F)(F)F)cc1C. The lowest BCUT2D eigenvalue weighted by Gasteiger charge is -2.14. The number of aliphatic hydroxyl groups excluding tert-OH is 1. The zero-order chi connectivity index (χ0) is 13.8. The number of hydrogen-bond donors (Lipinski definition) is 1. The third-order valence-corrected chi connectivity index (χ3v) is 2.74. The predicted molar refractivity (Wildman–Crippen MR) is 62.6 cm³/mol. The molecule has 0 aromatic heterocycles. The van der Waals surface area contributed by atoms with Gasteiger partial charge in [0, 0.05) is 6.42 Å². The van der Waals surface area contributed by atoms with Gasteiger partial charge in [-0.05, 0) is 43.0 Å². The summed E-state index contributed by atoms with van der Waals surface area (Å²) in [5.74, 6) is 0.696. The molecule has 0 radical (unpaired) electrons. The van der Waals surface area contributed by atoms with Crippen molar-refractivity contribution in [3.05, 3.63) is 29.3 Å². The highest BCUT2D eigenvalue weighted by atomic mass is 19.4. The van der Waals surface area contributed by atoms with E-state index in [2.05, 4.69) is 0 Å². The van der Waals surface area contributed by atoms with Crippen LogP contribution in [0, 0.1) is 6.92 Å². The van der Waals surface area contributed by atoms with Crippen molar-refractivity contribution >= 4 is 0 Å². The zero-order valence-corrected chi connectivity index (χ0v) is 10.4. The topological polar surface area (TPSA) is 29.5 Å².